The molecule has 0 aliphatic carbocycles. The summed E-state index contributed by atoms with van der Waals surface area (Å²) >= 11 is 5.96. The fourth-order valence-electron chi connectivity index (χ4n) is 3.40. The summed E-state index contributed by atoms with van der Waals surface area (Å²) < 4.78 is 0. The van der Waals surface area contributed by atoms with E-state index in [2.05, 4.69) is 43.1 Å². The molecule has 1 fully saturated rings. The zero-order valence-corrected chi connectivity index (χ0v) is 14.4. The van der Waals surface area contributed by atoms with E-state index in [1.165, 1.54) is 44.5 Å². The standard InChI is InChI=1S/C18H29ClN2/c1-4-11-21-12-5-6-17(13-21)15(3)20-14(2)16-7-9-18(19)10-8-16/h7-10,14-15,17,20H,4-6,11-13H2,1-3H3. The quantitative estimate of drug-likeness (QED) is 0.832. The summed E-state index contributed by atoms with van der Waals surface area (Å²) in [6, 6.07) is 9.12. The highest BCUT2D eigenvalue weighted by atomic mass is 35.5. The monoisotopic (exact) mass is 308 g/mol. The van der Waals surface area contributed by atoms with E-state index >= 15 is 0 Å². The summed E-state index contributed by atoms with van der Waals surface area (Å²) in [6.45, 7) is 10.6. The first kappa shape index (κ1) is 16.8. The lowest BCUT2D eigenvalue weighted by molar-refractivity contribution is 0.147. The lowest BCUT2D eigenvalue weighted by Gasteiger charge is -2.37. The van der Waals surface area contributed by atoms with Gasteiger partial charge in [-0.2, -0.15) is 0 Å². The van der Waals surface area contributed by atoms with E-state index in [0.29, 0.717) is 12.1 Å². The topological polar surface area (TPSA) is 15.3 Å². The van der Waals surface area contributed by atoms with E-state index in [1.807, 2.05) is 12.1 Å². The molecule has 3 atom stereocenters. The van der Waals surface area contributed by atoms with E-state index in [-0.39, 0.29) is 0 Å². The third kappa shape index (κ3) is 4.98. The fourth-order valence-corrected chi connectivity index (χ4v) is 3.52. The molecule has 118 valence electrons. The molecule has 1 aromatic rings. The Bertz CT molecular complexity index is 416. The van der Waals surface area contributed by atoms with Gasteiger partial charge in [0.15, 0.2) is 0 Å². The molecular weight excluding hydrogens is 280 g/mol. The van der Waals surface area contributed by atoms with Gasteiger partial charge in [0.2, 0.25) is 0 Å². The molecular formula is C18H29ClN2. The van der Waals surface area contributed by atoms with Gasteiger partial charge in [0.05, 0.1) is 0 Å². The molecule has 1 aliphatic heterocycles. The average molecular weight is 309 g/mol. The van der Waals surface area contributed by atoms with Gasteiger partial charge in [0.25, 0.3) is 0 Å². The molecule has 2 nitrogen and oxygen atoms in total. The fraction of sp³-hybridized carbons (Fsp3) is 0.667. The van der Waals surface area contributed by atoms with E-state index in [9.17, 15) is 0 Å². The minimum atomic E-state index is 0.374. The molecule has 0 saturated carbocycles. The van der Waals surface area contributed by atoms with Crippen LogP contribution in [0, 0.1) is 5.92 Å². The Kier molecular flexibility index (Phi) is 6.53. The Morgan fingerprint density at radius 1 is 1.29 bits per heavy atom. The second-order valence-electron chi connectivity index (χ2n) is 6.43. The van der Waals surface area contributed by atoms with Crippen LogP contribution in [0.2, 0.25) is 5.02 Å². The molecule has 0 spiro atoms. The number of halogens is 1. The molecule has 2 rings (SSSR count). The highest BCUT2D eigenvalue weighted by molar-refractivity contribution is 6.30. The van der Waals surface area contributed by atoms with Crippen molar-refractivity contribution in [1.82, 2.24) is 10.2 Å². The first-order valence-corrected chi connectivity index (χ1v) is 8.71. The molecule has 1 saturated heterocycles. The molecule has 3 heteroatoms. The van der Waals surface area contributed by atoms with Crippen LogP contribution in [0.3, 0.4) is 0 Å². The van der Waals surface area contributed by atoms with Gasteiger partial charge in [-0.25, -0.2) is 0 Å². The van der Waals surface area contributed by atoms with Crippen molar-refractivity contribution in [2.75, 3.05) is 19.6 Å². The Morgan fingerprint density at radius 3 is 2.67 bits per heavy atom. The van der Waals surface area contributed by atoms with Crippen LogP contribution in [-0.2, 0) is 0 Å². The number of rotatable bonds is 6. The van der Waals surface area contributed by atoms with Gasteiger partial charge in [0.1, 0.15) is 0 Å². The molecule has 0 radical (unpaired) electrons. The summed E-state index contributed by atoms with van der Waals surface area (Å²) in [5, 5.41) is 4.59. The third-order valence-corrected chi connectivity index (χ3v) is 4.92. The molecule has 0 bridgehead atoms. The maximum absolute atomic E-state index is 5.96. The molecule has 0 aromatic heterocycles. The molecule has 21 heavy (non-hydrogen) atoms. The van der Waals surface area contributed by atoms with E-state index in [1.54, 1.807) is 0 Å². The first-order chi connectivity index (χ1) is 10.1. The van der Waals surface area contributed by atoms with Crippen LogP contribution >= 0.6 is 11.6 Å². The molecule has 1 N–H and O–H groups in total. The first-order valence-electron chi connectivity index (χ1n) is 8.34. The van der Waals surface area contributed by atoms with Crippen molar-refractivity contribution >= 4 is 11.6 Å². The van der Waals surface area contributed by atoms with Crippen LogP contribution in [0.4, 0.5) is 0 Å². The normalized spacial score (nSPS) is 23.0. The minimum absolute atomic E-state index is 0.374. The summed E-state index contributed by atoms with van der Waals surface area (Å²) in [5.74, 6) is 0.764. The van der Waals surface area contributed by atoms with E-state index in [0.717, 1.165) is 10.9 Å². The van der Waals surface area contributed by atoms with Crippen molar-refractivity contribution in [1.29, 1.82) is 0 Å². The third-order valence-electron chi connectivity index (χ3n) is 4.67. The second-order valence-corrected chi connectivity index (χ2v) is 6.87. The summed E-state index contributed by atoms with van der Waals surface area (Å²) in [4.78, 5) is 2.62. The van der Waals surface area contributed by atoms with Crippen molar-refractivity contribution in [3.8, 4) is 0 Å². The largest absolute Gasteiger partial charge is 0.307 e. The average Bonchev–Trinajstić information content (AvgIpc) is 2.48. The van der Waals surface area contributed by atoms with Crippen molar-refractivity contribution in [2.24, 2.45) is 5.92 Å². The molecule has 0 amide bonds. The number of benzene rings is 1. The Labute approximate surface area is 134 Å². The SMILES string of the molecule is CCCN1CCCC(C(C)NC(C)c2ccc(Cl)cc2)C1. The summed E-state index contributed by atoms with van der Waals surface area (Å²) in [7, 11) is 0. The van der Waals surface area contributed by atoms with Crippen LogP contribution in [0.1, 0.15) is 51.6 Å². The lowest BCUT2D eigenvalue weighted by atomic mass is 9.90. The van der Waals surface area contributed by atoms with Gasteiger partial charge in [-0.15, -0.1) is 0 Å². The van der Waals surface area contributed by atoms with Crippen LogP contribution in [0.25, 0.3) is 0 Å². The highest BCUT2D eigenvalue weighted by Crippen LogP contribution is 2.23. The van der Waals surface area contributed by atoms with Crippen LogP contribution < -0.4 is 5.32 Å². The maximum atomic E-state index is 5.96. The van der Waals surface area contributed by atoms with Crippen molar-refractivity contribution in [3.63, 3.8) is 0 Å². The summed E-state index contributed by atoms with van der Waals surface area (Å²) in [5.41, 5.74) is 1.31. The number of nitrogens with one attached hydrogen (secondary N) is 1. The number of piperidine rings is 1. The van der Waals surface area contributed by atoms with Crippen molar-refractivity contribution < 1.29 is 0 Å². The summed E-state index contributed by atoms with van der Waals surface area (Å²) in [6.07, 6.45) is 3.95. The van der Waals surface area contributed by atoms with Crippen molar-refractivity contribution in [3.05, 3.63) is 34.9 Å². The Hall–Kier alpha value is -0.570. The molecule has 3 unspecified atom stereocenters. The van der Waals surface area contributed by atoms with Gasteiger partial charge in [-0.3, -0.25) is 0 Å². The number of hydrogen-bond donors (Lipinski definition) is 1. The number of nitrogens with zero attached hydrogens (tertiary/aromatic N) is 1. The van der Waals surface area contributed by atoms with Gasteiger partial charge in [-0.1, -0.05) is 30.7 Å². The highest BCUT2D eigenvalue weighted by Gasteiger charge is 2.25. The van der Waals surface area contributed by atoms with E-state index in [4.69, 9.17) is 11.6 Å². The zero-order valence-electron chi connectivity index (χ0n) is 13.6. The lowest BCUT2D eigenvalue weighted by Crippen LogP contribution is -2.45. The van der Waals surface area contributed by atoms with Gasteiger partial charge in [-0.05, 0) is 69.8 Å². The van der Waals surface area contributed by atoms with Gasteiger partial charge < -0.3 is 10.2 Å². The molecule has 1 aliphatic rings. The van der Waals surface area contributed by atoms with Crippen LogP contribution in [0.5, 0.6) is 0 Å². The Morgan fingerprint density at radius 2 is 2.00 bits per heavy atom. The van der Waals surface area contributed by atoms with Crippen LogP contribution in [-0.4, -0.2) is 30.6 Å². The predicted molar refractivity (Wildman–Crippen MR) is 91.9 cm³/mol. The predicted octanol–water partition coefficient (Wildman–Crippen LogP) is 4.50. The minimum Gasteiger partial charge on any atom is -0.307 e. The van der Waals surface area contributed by atoms with Gasteiger partial charge >= 0.3 is 0 Å². The number of likely N-dealkylation sites (tertiary alicyclic amines) is 1. The van der Waals surface area contributed by atoms with E-state index < -0.39 is 0 Å². The smallest absolute Gasteiger partial charge is 0.0406 e. The maximum Gasteiger partial charge on any atom is 0.0406 e. The van der Waals surface area contributed by atoms with Gasteiger partial charge in [0, 0.05) is 23.7 Å². The Balaban J connectivity index is 1.88. The zero-order chi connectivity index (χ0) is 15.2. The molecule has 1 aromatic carbocycles. The number of hydrogen-bond acceptors (Lipinski definition) is 2. The second kappa shape index (κ2) is 8.17. The van der Waals surface area contributed by atoms with Crippen LogP contribution in [0.15, 0.2) is 24.3 Å². The molecule has 1 heterocycles. The van der Waals surface area contributed by atoms with Crippen molar-refractivity contribution in [2.45, 2.75) is 52.1 Å².